The molecule has 42 heavy (non-hydrogen) atoms. The van der Waals surface area contributed by atoms with Gasteiger partial charge >= 0.3 is 0 Å². The van der Waals surface area contributed by atoms with Gasteiger partial charge in [0, 0.05) is 41.9 Å². The number of benzene rings is 1. The van der Waals surface area contributed by atoms with Crippen molar-refractivity contribution >= 4 is 28.7 Å². The number of anilines is 1. The third-order valence-corrected chi connectivity index (χ3v) is 8.29. The van der Waals surface area contributed by atoms with E-state index in [1.807, 2.05) is 6.92 Å². The number of aliphatic hydroxyl groups excluding tert-OH is 2. The van der Waals surface area contributed by atoms with Gasteiger partial charge in [-0.2, -0.15) is 0 Å². The van der Waals surface area contributed by atoms with Crippen LogP contribution in [0.1, 0.15) is 50.8 Å². The lowest BCUT2D eigenvalue weighted by atomic mass is 9.68. The van der Waals surface area contributed by atoms with Crippen LogP contribution in [0.25, 0.3) is 17.0 Å². The second-order valence-electron chi connectivity index (χ2n) is 11.4. The summed E-state index contributed by atoms with van der Waals surface area (Å²) in [6, 6.07) is 5.11. The molecule has 2 aliphatic rings. The number of allylic oxidation sites excluding steroid dienone is 2. The minimum absolute atomic E-state index is 0.0231. The summed E-state index contributed by atoms with van der Waals surface area (Å²) in [5, 5.41) is 32.2. The molecule has 9 nitrogen and oxygen atoms in total. The maximum atomic E-state index is 12.6. The molecule has 0 radical (unpaired) electrons. The van der Waals surface area contributed by atoms with E-state index in [1.165, 1.54) is 6.92 Å². The van der Waals surface area contributed by atoms with E-state index in [0.717, 1.165) is 44.3 Å². The number of hydrogen-bond donors (Lipinski definition) is 4. The van der Waals surface area contributed by atoms with Crippen molar-refractivity contribution in [3.63, 3.8) is 0 Å². The molecule has 12 heteroatoms. The molecular formula is C30H40ClF2N5O4. The fourth-order valence-corrected chi connectivity index (χ4v) is 6.06. The third-order valence-electron chi connectivity index (χ3n) is 7.96. The molecule has 1 aliphatic heterocycles. The average molecular weight is 608 g/mol. The number of nitrogens with one attached hydrogen (secondary N) is 2. The Morgan fingerprint density at radius 1 is 1.21 bits per heavy atom. The van der Waals surface area contributed by atoms with Crippen molar-refractivity contribution in [2.75, 3.05) is 44.8 Å². The van der Waals surface area contributed by atoms with Crippen LogP contribution in [0, 0.1) is 17.7 Å². The van der Waals surface area contributed by atoms with Crippen LogP contribution in [0.15, 0.2) is 24.0 Å². The van der Waals surface area contributed by atoms with Crippen LogP contribution in [0.2, 0.25) is 5.02 Å². The Kier molecular flexibility index (Phi) is 10.4. The summed E-state index contributed by atoms with van der Waals surface area (Å²) in [5.41, 5.74) is 2.24. The number of ether oxygens (including phenoxy) is 2. The molecule has 1 aliphatic carbocycles. The van der Waals surface area contributed by atoms with E-state index in [1.54, 1.807) is 32.2 Å². The fourth-order valence-electron chi connectivity index (χ4n) is 5.86. The van der Waals surface area contributed by atoms with Crippen molar-refractivity contribution in [1.29, 1.82) is 5.41 Å². The van der Waals surface area contributed by atoms with Gasteiger partial charge in [0.2, 0.25) is 0 Å². The monoisotopic (exact) mass is 607 g/mol. The van der Waals surface area contributed by atoms with Crippen molar-refractivity contribution in [3.05, 3.63) is 40.2 Å². The maximum Gasteiger partial charge on any atom is 0.261 e. The van der Waals surface area contributed by atoms with Gasteiger partial charge in [0.15, 0.2) is 5.82 Å². The van der Waals surface area contributed by atoms with Crippen LogP contribution < -0.4 is 15.0 Å². The van der Waals surface area contributed by atoms with Gasteiger partial charge in [-0.05, 0) is 71.7 Å². The molecular weight excluding hydrogens is 568 g/mol. The minimum Gasteiger partial charge on any atom is -0.512 e. The Hall–Kier alpha value is -2.86. The van der Waals surface area contributed by atoms with Crippen LogP contribution in [-0.2, 0) is 4.74 Å². The molecule has 1 saturated heterocycles. The van der Waals surface area contributed by atoms with Crippen LogP contribution in [-0.4, -0.2) is 84.4 Å². The molecule has 230 valence electrons. The topological polar surface area (TPSA) is 124 Å². The number of aromatic nitrogens is 2. The van der Waals surface area contributed by atoms with Crippen molar-refractivity contribution in [2.24, 2.45) is 5.41 Å². The Bertz CT molecular complexity index is 1300. The van der Waals surface area contributed by atoms with Gasteiger partial charge < -0.3 is 35.3 Å². The lowest BCUT2D eigenvalue weighted by Gasteiger charge is -2.54. The zero-order valence-corrected chi connectivity index (χ0v) is 25.3. The molecule has 2 heterocycles. The lowest BCUT2D eigenvalue weighted by Crippen LogP contribution is -2.58. The summed E-state index contributed by atoms with van der Waals surface area (Å²) >= 11 is 6.62. The van der Waals surface area contributed by atoms with E-state index in [0.29, 0.717) is 45.8 Å². The maximum absolute atomic E-state index is 12.6. The summed E-state index contributed by atoms with van der Waals surface area (Å²) in [6.07, 6.45) is -0.0311. The summed E-state index contributed by atoms with van der Waals surface area (Å²) in [4.78, 5) is 11.9. The Morgan fingerprint density at radius 2 is 1.90 bits per heavy atom. The quantitative estimate of drug-likeness (QED) is 0.186. The van der Waals surface area contributed by atoms with E-state index >= 15 is 0 Å². The SMILES string of the molecule is CNC[C@@H](O)COc1ccc(Cl)c(-c2nc(/C(C(C)=N)=C(\C)O)c(C)c(N3CC4(CCC(OCC(F)F)CC4)C3)n2)c1. The first-order valence-electron chi connectivity index (χ1n) is 14.2. The number of alkyl halides is 2. The van der Waals surface area contributed by atoms with E-state index in [4.69, 9.17) is 36.5 Å². The van der Waals surface area contributed by atoms with E-state index in [-0.39, 0.29) is 29.6 Å². The van der Waals surface area contributed by atoms with Crippen LogP contribution in [0.4, 0.5) is 14.6 Å². The molecule has 1 aromatic carbocycles. The van der Waals surface area contributed by atoms with Gasteiger partial charge in [-0.3, -0.25) is 0 Å². The number of nitrogens with zero attached hydrogens (tertiary/aromatic N) is 3. The molecule has 0 amide bonds. The first kappa shape index (κ1) is 32.1. The standard InChI is InChI=1S/C30H40ClF2N5O4/c1-17-27(26(18(2)34)19(3)39)36-28(23-11-22(5-6-24(23)31)41-13-20(40)12-35-4)37-29(17)38-15-30(16-38)9-7-21(8-10-30)42-14-25(32)33/h5-6,11,20-21,25,34-35,39-40H,7-10,12-16H2,1-4H3/b26-19+,34-18?/t20-/m1/s1. The van der Waals surface area contributed by atoms with Gasteiger partial charge in [0.05, 0.1) is 22.4 Å². The second kappa shape index (κ2) is 13.6. The molecule has 4 rings (SSSR count). The first-order chi connectivity index (χ1) is 19.9. The molecule has 1 spiro atoms. The zero-order valence-electron chi connectivity index (χ0n) is 24.5. The van der Waals surface area contributed by atoms with Gasteiger partial charge in [0.25, 0.3) is 6.43 Å². The van der Waals surface area contributed by atoms with E-state index in [2.05, 4.69) is 10.2 Å². The van der Waals surface area contributed by atoms with Crippen molar-refractivity contribution in [2.45, 2.75) is 65.1 Å². The van der Waals surface area contributed by atoms with Crippen molar-refractivity contribution in [3.8, 4) is 17.1 Å². The Labute approximate surface area is 250 Å². The highest BCUT2D eigenvalue weighted by Gasteiger charge is 2.46. The lowest BCUT2D eigenvalue weighted by molar-refractivity contribution is -0.0556. The number of aliphatic hydroxyl groups is 2. The summed E-state index contributed by atoms with van der Waals surface area (Å²) < 4.78 is 36.3. The highest BCUT2D eigenvalue weighted by atomic mass is 35.5. The number of likely N-dealkylation sites (N-methyl/N-ethyl adjacent to an activating group) is 1. The number of rotatable bonds is 12. The van der Waals surface area contributed by atoms with Crippen LogP contribution in [0.3, 0.4) is 0 Å². The highest BCUT2D eigenvalue weighted by Crippen LogP contribution is 2.47. The predicted molar refractivity (Wildman–Crippen MR) is 160 cm³/mol. The Balaban J connectivity index is 1.64. The molecule has 4 N–H and O–H groups in total. The third kappa shape index (κ3) is 7.37. The molecule has 1 atom stereocenters. The summed E-state index contributed by atoms with van der Waals surface area (Å²) in [5.74, 6) is 1.47. The normalized spacial score (nSPS) is 18.2. The molecule has 2 fully saturated rings. The zero-order chi connectivity index (χ0) is 30.6. The predicted octanol–water partition coefficient (Wildman–Crippen LogP) is 5.42. The molecule has 2 aromatic rings. The summed E-state index contributed by atoms with van der Waals surface area (Å²) in [6.45, 7) is 6.44. The van der Waals surface area contributed by atoms with Gasteiger partial charge in [-0.25, -0.2) is 18.7 Å². The first-order valence-corrected chi connectivity index (χ1v) is 14.5. The van der Waals surface area contributed by atoms with E-state index in [9.17, 15) is 19.0 Å². The minimum atomic E-state index is -2.46. The van der Waals surface area contributed by atoms with Crippen molar-refractivity contribution < 1.29 is 28.5 Å². The average Bonchev–Trinajstić information content (AvgIpc) is 2.91. The van der Waals surface area contributed by atoms with E-state index < -0.39 is 19.1 Å². The molecule has 1 aromatic heterocycles. The second-order valence-corrected chi connectivity index (χ2v) is 11.8. The summed E-state index contributed by atoms with van der Waals surface area (Å²) in [7, 11) is 1.75. The van der Waals surface area contributed by atoms with Crippen LogP contribution >= 0.6 is 11.6 Å². The largest absolute Gasteiger partial charge is 0.512 e. The molecule has 0 unspecified atom stereocenters. The number of halogens is 3. The van der Waals surface area contributed by atoms with Gasteiger partial charge in [-0.15, -0.1) is 0 Å². The van der Waals surface area contributed by atoms with Crippen LogP contribution in [0.5, 0.6) is 5.75 Å². The molecule has 0 bridgehead atoms. The fraction of sp³-hybridized carbons (Fsp3) is 0.567. The van der Waals surface area contributed by atoms with Gasteiger partial charge in [0.1, 0.15) is 36.6 Å². The Morgan fingerprint density at radius 3 is 2.50 bits per heavy atom. The molecule has 1 saturated carbocycles. The highest BCUT2D eigenvalue weighted by molar-refractivity contribution is 6.33. The van der Waals surface area contributed by atoms with Gasteiger partial charge in [-0.1, -0.05) is 11.6 Å². The van der Waals surface area contributed by atoms with Crippen molar-refractivity contribution in [1.82, 2.24) is 15.3 Å². The smallest absolute Gasteiger partial charge is 0.261 e. The number of hydrogen-bond acceptors (Lipinski definition) is 9.